The quantitative estimate of drug-likeness (QED) is 0.185. The summed E-state index contributed by atoms with van der Waals surface area (Å²) in [6.45, 7) is 1.37. The molecule has 0 unspecified atom stereocenters. The molecule has 2 heterocycles. The molecule has 0 radical (unpaired) electrons. The van der Waals surface area contributed by atoms with Crippen molar-refractivity contribution < 1.29 is 17.9 Å². The highest BCUT2D eigenvalue weighted by molar-refractivity contribution is 7.90. The smallest absolute Gasteiger partial charge is 0.308 e. The molecule has 0 bridgehead atoms. The van der Waals surface area contributed by atoms with E-state index in [0.717, 1.165) is 38.5 Å². The van der Waals surface area contributed by atoms with Gasteiger partial charge in [-0.1, -0.05) is 66.7 Å². The number of rotatable bonds is 6. The lowest BCUT2D eigenvalue weighted by Crippen LogP contribution is -2.04. The average molecular weight is 533 g/mol. The highest BCUT2D eigenvalue weighted by Crippen LogP contribution is 2.41. The van der Waals surface area contributed by atoms with E-state index in [2.05, 4.69) is 4.98 Å². The standard InChI is InChI=1S/C32H24N2O4S/c1-21(35)38-25-15-13-23(14-16-25)28-19-33-32-31(30(28)24-8-4-2-5-9-24)27-18-22(12-17-29(27)34-32)20-39(36,37)26-10-6-3-7-11-26/h2-19H,20H2,1H3,(H,33,34). The number of aromatic amines is 1. The van der Waals surface area contributed by atoms with E-state index >= 15 is 0 Å². The highest BCUT2D eigenvalue weighted by Gasteiger charge is 2.20. The van der Waals surface area contributed by atoms with Crippen LogP contribution in [-0.2, 0) is 20.4 Å². The van der Waals surface area contributed by atoms with E-state index in [-0.39, 0.29) is 11.7 Å². The van der Waals surface area contributed by atoms with Gasteiger partial charge in [-0.15, -0.1) is 0 Å². The molecule has 39 heavy (non-hydrogen) atoms. The molecular weight excluding hydrogens is 508 g/mol. The Bertz CT molecular complexity index is 1930. The van der Waals surface area contributed by atoms with Crippen molar-refractivity contribution in [1.82, 2.24) is 9.97 Å². The summed E-state index contributed by atoms with van der Waals surface area (Å²) in [5, 5.41) is 1.81. The van der Waals surface area contributed by atoms with Crippen LogP contribution in [0.15, 0.2) is 114 Å². The van der Waals surface area contributed by atoms with Gasteiger partial charge in [0.1, 0.15) is 11.4 Å². The van der Waals surface area contributed by atoms with Gasteiger partial charge in [-0.05, 0) is 53.1 Å². The Balaban J connectivity index is 1.54. The Morgan fingerprint density at radius 3 is 2.23 bits per heavy atom. The van der Waals surface area contributed by atoms with Crippen LogP contribution in [0.4, 0.5) is 0 Å². The largest absolute Gasteiger partial charge is 0.427 e. The van der Waals surface area contributed by atoms with Gasteiger partial charge in [-0.25, -0.2) is 13.4 Å². The van der Waals surface area contributed by atoms with Gasteiger partial charge in [0, 0.05) is 40.5 Å². The van der Waals surface area contributed by atoms with E-state index < -0.39 is 9.84 Å². The number of fused-ring (bicyclic) bond motifs is 3. The van der Waals surface area contributed by atoms with E-state index in [1.807, 2.05) is 66.9 Å². The Kier molecular flexibility index (Phi) is 6.21. The monoisotopic (exact) mass is 532 g/mol. The number of nitrogens with zero attached hydrogens (tertiary/aromatic N) is 1. The molecule has 0 fully saturated rings. The van der Waals surface area contributed by atoms with Gasteiger partial charge in [0.2, 0.25) is 0 Å². The summed E-state index contributed by atoms with van der Waals surface area (Å²) < 4.78 is 31.4. The van der Waals surface area contributed by atoms with Crippen molar-refractivity contribution in [3.05, 3.63) is 115 Å². The van der Waals surface area contributed by atoms with Gasteiger partial charge in [-0.2, -0.15) is 0 Å². The Hall–Kier alpha value is -4.75. The first kappa shape index (κ1) is 24.6. The average Bonchev–Trinajstić information content (AvgIpc) is 3.31. The predicted molar refractivity (Wildman–Crippen MR) is 153 cm³/mol. The van der Waals surface area contributed by atoms with Gasteiger partial charge in [0.15, 0.2) is 9.84 Å². The zero-order valence-corrected chi connectivity index (χ0v) is 21.9. The number of aromatic nitrogens is 2. The van der Waals surface area contributed by atoms with Gasteiger partial charge >= 0.3 is 5.97 Å². The number of nitrogens with one attached hydrogen (secondary N) is 1. The minimum Gasteiger partial charge on any atom is -0.427 e. The fourth-order valence-electron chi connectivity index (χ4n) is 4.92. The van der Waals surface area contributed by atoms with Crippen LogP contribution in [0.5, 0.6) is 5.75 Å². The molecule has 0 saturated carbocycles. The first-order valence-corrected chi connectivity index (χ1v) is 14.1. The summed E-state index contributed by atoms with van der Waals surface area (Å²) in [6.07, 6.45) is 1.83. The molecule has 0 atom stereocenters. The molecule has 192 valence electrons. The molecule has 6 rings (SSSR count). The van der Waals surface area contributed by atoms with Gasteiger partial charge < -0.3 is 9.72 Å². The summed E-state index contributed by atoms with van der Waals surface area (Å²) >= 11 is 0. The van der Waals surface area contributed by atoms with Crippen molar-refractivity contribution in [1.29, 1.82) is 0 Å². The molecule has 2 aromatic heterocycles. The van der Waals surface area contributed by atoms with E-state index in [0.29, 0.717) is 21.9 Å². The lowest BCUT2D eigenvalue weighted by molar-refractivity contribution is -0.131. The highest BCUT2D eigenvalue weighted by atomic mass is 32.2. The first-order chi connectivity index (χ1) is 18.9. The van der Waals surface area contributed by atoms with E-state index in [1.54, 1.807) is 42.5 Å². The number of carbonyl (C=O) groups excluding carboxylic acids is 1. The molecule has 0 aliphatic carbocycles. The third-order valence-electron chi connectivity index (χ3n) is 6.63. The molecule has 0 aliphatic rings. The number of benzene rings is 4. The molecule has 1 N–H and O–H groups in total. The number of hydrogen-bond acceptors (Lipinski definition) is 5. The second-order valence-corrected chi connectivity index (χ2v) is 11.3. The van der Waals surface area contributed by atoms with Crippen LogP contribution < -0.4 is 4.74 Å². The number of carbonyl (C=O) groups is 1. The van der Waals surface area contributed by atoms with Crippen LogP contribution in [0, 0.1) is 0 Å². The maximum atomic E-state index is 13.1. The number of esters is 1. The van der Waals surface area contributed by atoms with Gasteiger partial charge in [0.05, 0.1) is 10.6 Å². The number of pyridine rings is 1. The number of hydrogen-bond donors (Lipinski definition) is 1. The molecule has 0 spiro atoms. The van der Waals surface area contributed by atoms with Crippen molar-refractivity contribution in [2.24, 2.45) is 0 Å². The summed E-state index contributed by atoms with van der Waals surface area (Å²) in [6, 6.07) is 31.6. The van der Waals surface area contributed by atoms with Crippen LogP contribution in [0.3, 0.4) is 0 Å². The topological polar surface area (TPSA) is 89.1 Å². The second kappa shape index (κ2) is 9.85. The fraction of sp³-hybridized carbons (Fsp3) is 0.0625. The number of ether oxygens (including phenoxy) is 1. The molecule has 7 heteroatoms. The van der Waals surface area contributed by atoms with Gasteiger partial charge in [-0.3, -0.25) is 4.79 Å². The molecule has 0 aliphatic heterocycles. The van der Waals surface area contributed by atoms with E-state index in [1.165, 1.54) is 6.92 Å². The maximum absolute atomic E-state index is 13.1. The lowest BCUT2D eigenvalue weighted by atomic mass is 9.92. The predicted octanol–water partition coefficient (Wildman–Crippen LogP) is 6.95. The molecule has 6 nitrogen and oxygen atoms in total. The van der Waals surface area contributed by atoms with Crippen molar-refractivity contribution in [2.45, 2.75) is 17.6 Å². The lowest BCUT2D eigenvalue weighted by Gasteiger charge is -2.13. The van der Waals surface area contributed by atoms with E-state index in [4.69, 9.17) is 9.72 Å². The van der Waals surface area contributed by atoms with Crippen LogP contribution in [-0.4, -0.2) is 24.4 Å². The fourth-order valence-corrected chi connectivity index (χ4v) is 6.27. The second-order valence-electron chi connectivity index (χ2n) is 9.33. The number of H-pyrrole nitrogens is 1. The first-order valence-electron chi connectivity index (χ1n) is 12.4. The summed E-state index contributed by atoms with van der Waals surface area (Å²) in [5.74, 6) is -0.0111. The minimum absolute atomic E-state index is 0.106. The van der Waals surface area contributed by atoms with Crippen LogP contribution in [0.2, 0.25) is 0 Å². The van der Waals surface area contributed by atoms with Crippen molar-refractivity contribution in [3.8, 4) is 28.0 Å². The Labute approximate surface area is 225 Å². The van der Waals surface area contributed by atoms with Crippen molar-refractivity contribution in [2.75, 3.05) is 0 Å². The third kappa shape index (κ3) is 4.80. The Morgan fingerprint density at radius 1 is 0.846 bits per heavy atom. The summed E-state index contributed by atoms with van der Waals surface area (Å²) in [5.41, 5.74) is 6.09. The molecule has 0 amide bonds. The minimum atomic E-state index is -3.51. The zero-order chi connectivity index (χ0) is 27.0. The summed E-state index contributed by atoms with van der Waals surface area (Å²) in [4.78, 5) is 19.8. The summed E-state index contributed by atoms with van der Waals surface area (Å²) in [7, 11) is -3.51. The SMILES string of the molecule is CC(=O)Oc1ccc(-c2cnc3[nH]c4ccc(CS(=O)(=O)c5ccccc5)cc4c3c2-c2ccccc2)cc1. The number of sulfone groups is 1. The van der Waals surface area contributed by atoms with Crippen LogP contribution >= 0.6 is 0 Å². The third-order valence-corrected chi connectivity index (χ3v) is 8.34. The van der Waals surface area contributed by atoms with Crippen LogP contribution in [0.25, 0.3) is 44.2 Å². The normalized spacial score (nSPS) is 11.6. The zero-order valence-electron chi connectivity index (χ0n) is 21.1. The van der Waals surface area contributed by atoms with Gasteiger partial charge in [0.25, 0.3) is 0 Å². The molecule has 6 aromatic rings. The van der Waals surface area contributed by atoms with Crippen molar-refractivity contribution >= 4 is 37.7 Å². The van der Waals surface area contributed by atoms with E-state index in [9.17, 15) is 13.2 Å². The van der Waals surface area contributed by atoms with Crippen LogP contribution in [0.1, 0.15) is 12.5 Å². The van der Waals surface area contributed by atoms with Crippen molar-refractivity contribution in [3.63, 3.8) is 0 Å². The molecular formula is C32H24N2O4S. The molecule has 4 aromatic carbocycles. The maximum Gasteiger partial charge on any atom is 0.308 e. The molecule has 0 saturated heterocycles. The Morgan fingerprint density at radius 2 is 1.54 bits per heavy atom.